The summed E-state index contributed by atoms with van der Waals surface area (Å²) in [5.41, 5.74) is -7.93. The first kappa shape index (κ1) is 55.3. The van der Waals surface area contributed by atoms with Crippen LogP contribution in [0, 0.1) is 22.7 Å². The smallest absolute Gasteiger partial charge is 0.306 e. The van der Waals surface area contributed by atoms with Crippen molar-refractivity contribution < 1.29 is 52.7 Å². The SMILES string of the molecule is N#Cc1c(C#N)c(-n2c3cc(C(F)(F)F)ccc3c3ccc(C(F)(F)F)cc32)c(-n2c3ccccc3c3cc4c(cc32)sc2ccccc24)c(-n2c3ccccc3c3cc4c(cc32)sc2ccccc24)c1-n1c2cc(C(F)(F)F)ccc2c2ccc(C(F)(F)F)cc21. The maximum absolute atomic E-state index is 15.4. The highest BCUT2D eigenvalue weighted by Gasteiger charge is 2.40. The van der Waals surface area contributed by atoms with Crippen molar-refractivity contribution >= 4 is 150 Å². The largest absolute Gasteiger partial charge is 0.416 e. The highest BCUT2D eigenvalue weighted by Crippen LogP contribution is 2.53. The first-order valence-electron chi connectivity index (χ1n) is 28.3. The highest BCUT2D eigenvalue weighted by molar-refractivity contribution is 7.26. The molecule has 0 spiro atoms. The highest BCUT2D eigenvalue weighted by atomic mass is 32.1. The third-order valence-electron chi connectivity index (χ3n) is 17.7. The van der Waals surface area contributed by atoms with Gasteiger partial charge >= 0.3 is 24.7 Å². The lowest BCUT2D eigenvalue weighted by Gasteiger charge is -2.28. The van der Waals surface area contributed by atoms with Crippen LogP contribution in [0.25, 0.3) is 150 Å². The maximum Gasteiger partial charge on any atom is 0.416 e. The molecule has 0 N–H and O–H groups in total. The van der Waals surface area contributed by atoms with E-state index in [1.54, 1.807) is 57.7 Å². The summed E-state index contributed by atoms with van der Waals surface area (Å²) in [4.78, 5) is 0. The molecule has 6 aromatic heterocycles. The quantitative estimate of drug-likeness (QED) is 0.165. The number of thiophene rings is 2. The van der Waals surface area contributed by atoms with Crippen molar-refractivity contribution in [3.8, 4) is 34.9 Å². The standard InChI is InChI=1S/C72H32F12N6S2/c73-69(74,75)35-17-21-41-42-22-18-36(70(76,77)78)26-56(42)89(55(41)25-35)65-51(33-85)52(34-86)66(90-57-27-37(71(79,80)81)19-23-43(57)44-24-20-38(28-58(44)90)72(82,83)84)68(88-54-14-6-2-10-40(54)48-30-50-46-12-4-8-16-62(46)92-64(50)32-60(48)88)67(65)87-53-13-5-1-9-39(53)47-29-49-45-11-3-7-15-61(45)91-63(49)31-59(47)87/h1-32H. The fourth-order valence-corrected chi connectivity index (χ4v) is 16.1. The first-order chi connectivity index (χ1) is 44.1. The zero-order valence-corrected chi connectivity index (χ0v) is 48.1. The van der Waals surface area contributed by atoms with E-state index in [1.165, 1.54) is 22.7 Å². The van der Waals surface area contributed by atoms with Crippen LogP contribution in [-0.2, 0) is 24.7 Å². The van der Waals surface area contributed by atoms with Crippen LogP contribution >= 0.6 is 22.7 Å². The summed E-state index contributed by atoms with van der Waals surface area (Å²) in [5, 5.41) is 30.1. The van der Waals surface area contributed by atoms with Crippen LogP contribution in [0.1, 0.15) is 33.4 Å². The number of alkyl halides is 12. The van der Waals surface area contributed by atoms with Crippen LogP contribution in [0.4, 0.5) is 52.7 Å². The molecule has 0 aliphatic carbocycles. The molecule has 0 atom stereocenters. The van der Waals surface area contributed by atoms with Gasteiger partial charge in [-0.25, -0.2) is 0 Å². The monoisotopic (exact) mass is 1270 g/mol. The van der Waals surface area contributed by atoms with Crippen LogP contribution in [-0.4, -0.2) is 18.3 Å². The summed E-state index contributed by atoms with van der Waals surface area (Å²) in [6, 6.07) is 51.6. The van der Waals surface area contributed by atoms with E-state index in [2.05, 4.69) is 12.1 Å². The minimum absolute atomic E-state index is 0.0133. The van der Waals surface area contributed by atoms with Crippen LogP contribution < -0.4 is 0 Å². The lowest BCUT2D eigenvalue weighted by Crippen LogP contribution is -2.17. The van der Waals surface area contributed by atoms with E-state index in [0.29, 0.717) is 53.0 Å². The molecule has 20 heteroatoms. The van der Waals surface area contributed by atoms with Gasteiger partial charge in [0.25, 0.3) is 0 Å². The average Bonchev–Trinajstić information content (AvgIpc) is 1.49. The van der Waals surface area contributed by atoms with Crippen molar-refractivity contribution in [1.29, 1.82) is 10.5 Å². The normalized spacial score (nSPS) is 13.0. The van der Waals surface area contributed by atoms with E-state index >= 15 is 52.7 Å². The number of para-hydroxylation sites is 2. The Balaban J connectivity index is 1.22. The molecule has 0 aliphatic rings. The Kier molecular flexibility index (Phi) is 11.3. The Morgan fingerprint density at radius 2 is 0.522 bits per heavy atom. The molecule has 0 saturated carbocycles. The summed E-state index contributed by atoms with van der Waals surface area (Å²) < 4.78 is 194. The Hall–Kier alpha value is -10.8. The second-order valence-corrected chi connectivity index (χ2v) is 24.8. The number of aromatic nitrogens is 4. The Morgan fingerprint density at radius 3 is 0.837 bits per heavy atom. The molecule has 0 unspecified atom stereocenters. The van der Waals surface area contributed by atoms with Crippen molar-refractivity contribution in [3.63, 3.8) is 0 Å². The summed E-state index contributed by atoms with van der Waals surface area (Å²) in [6.07, 6.45) is -20.3. The minimum atomic E-state index is -5.08. The van der Waals surface area contributed by atoms with Crippen molar-refractivity contribution in [2.75, 3.05) is 0 Å². The van der Waals surface area contributed by atoms with E-state index in [4.69, 9.17) is 0 Å². The van der Waals surface area contributed by atoms with Gasteiger partial charge in [-0.05, 0) is 97.1 Å². The lowest BCUT2D eigenvalue weighted by molar-refractivity contribution is -0.138. The van der Waals surface area contributed by atoms with Crippen molar-refractivity contribution in [3.05, 3.63) is 228 Å². The molecule has 0 amide bonds. The van der Waals surface area contributed by atoms with E-state index in [0.717, 1.165) is 113 Å². The molecule has 6 heterocycles. The van der Waals surface area contributed by atoms with Gasteiger partial charge in [0.2, 0.25) is 0 Å². The van der Waals surface area contributed by atoms with Gasteiger partial charge in [0, 0.05) is 83.4 Å². The predicted molar refractivity (Wildman–Crippen MR) is 339 cm³/mol. The fraction of sp³-hybridized carbons (Fsp3) is 0.0556. The minimum Gasteiger partial charge on any atom is -0.306 e. The van der Waals surface area contributed by atoms with Gasteiger partial charge in [-0.15, -0.1) is 22.7 Å². The van der Waals surface area contributed by atoms with Crippen LogP contribution in [0.5, 0.6) is 0 Å². The number of hydrogen-bond acceptors (Lipinski definition) is 4. The fourth-order valence-electron chi connectivity index (χ4n) is 13.9. The Morgan fingerprint density at radius 1 is 0.250 bits per heavy atom. The number of hydrogen-bond donors (Lipinski definition) is 0. The number of nitriles is 2. The third kappa shape index (κ3) is 7.80. The van der Waals surface area contributed by atoms with Gasteiger partial charge in [-0.2, -0.15) is 63.2 Å². The molecule has 92 heavy (non-hydrogen) atoms. The number of fused-ring (bicyclic) bond motifs is 18. The van der Waals surface area contributed by atoms with Crippen LogP contribution in [0.2, 0.25) is 0 Å². The molecule has 0 bridgehead atoms. The van der Waals surface area contributed by atoms with E-state index in [9.17, 15) is 10.5 Å². The summed E-state index contributed by atoms with van der Waals surface area (Å²) in [5.74, 6) is 0. The predicted octanol–water partition coefficient (Wildman–Crippen LogP) is 22.6. The molecule has 17 rings (SSSR count). The van der Waals surface area contributed by atoms with Crippen molar-refractivity contribution in [2.24, 2.45) is 0 Å². The lowest BCUT2D eigenvalue weighted by atomic mass is 9.98. The van der Waals surface area contributed by atoms with Crippen molar-refractivity contribution in [2.45, 2.75) is 24.7 Å². The van der Waals surface area contributed by atoms with E-state index < -0.39 is 69.5 Å². The summed E-state index contributed by atoms with van der Waals surface area (Å²) >= 11 is 2.83. The van der Waals surface area contributed by atoms with E-state index in [-0.39, 0.29) is 55.0 Å². The van der Waals surface area contributed by atoms with Crippen molar-refractivity contribution in [1.82, 2.24) is 18.3 Å². The third-order valence-corrected chi connectivity index (χ3v) is 20.0. The van der Waals surface area contributed by atoms with Crippen LogP contribution in [0.15, 0.2) is 194 Å². The molecular weight excluding hydrogens is 1240 g/mol. The molecule has 0 fully saturated rings. The van der Waals surface area contributed by atoms with Crippen LogP contribution in [0.3, 0.4) is 0 Å². The number of benzene rings is 11. The molecular formula is C72H32F12N6S2. The first-order valence-corrected chi connectivity index (χ1v) is 29.9. The maximum atomic E-state index is 15.4. The zero-order chi connectivity index (χ0) is 63.4. The second-order valence-electron chi connectivity index (χ2n) is 22.6. The van der Waals surface area contributed by atoms with Gasteiger partial charge in [0.15, 0.2) is 0 Å². The Labute approximate surface area is 516 Å². The van der Waals surface area contributed by atoms with Gasteiger partial charge in [-0.3, -0.25) is 0 Å². The molecule has 11 aromatic carbocycles. The van der Waals surface area contributed by atoms with Gasteiger partial charge < -0.3 is 18.3 Å². The Bertz CT molecular complexity index is 5720. The summed E-state index contributed by atoms with van der Waals surface area (Å²) in [6.45, 7) is 0. The molecule has 17 aromatic rings. The summed E-state index contributed by atoms with van der Waals surface area (Å²) in [7, 11) is 0. The molecule has 0 saturated heterocycles. The molecule has 0 aliphatic heterocycles. The van der Waals surface area contributed by atoms with E-state index in [1.807, 2.05) is 72.8 Å². The molecule has 0 radical (unpaired) electrons. The zero-order valence-electron chi connectivity index (χ0n) is 46.5. The number of nitrogens with zero attached hydrogens (tertiary/aromatic N) is 6. The average molecular weight is 1270 g/mol. The van der Waals surface area contributed by atoms with Gasteiger partial charge in [0.05, 0.1) is 100 Å². The number of rotatable bonds is 4. The second kappa shape index (κ2) is 18.9. The molecule has 6 nitrogen and oxygen atoms in total. The van der Waals surface area contributed by atoms with Gasteiger partial charge in [-0.1, -0.05) is 97.1 Å². The van der Waals surface area contributed by atoms with Gasteiger partial charge in [0.1, 0.15) is 12.1 Å². The topological polar surface area (TPSA) is 67.3 Å². The molecule has 446 valence electrons. The number of halogens is 12.